The second-order valence-corrected chi connectivity index (χ2v) is 7.64. The molecule has 142 valence electrons. The molecule has 0 radical (unpaired) electrons. The summed E-state index contributed by atoms with van der Waals surface area (Å²) >= 11 is 6.01. The lowest BCUT2D eigenvalue weighted by molar-refractivity contribution is -0.136. The molecule has 3 atom stereocenters. The Morgan fingerprint density at radius 1 is 1.33 bits per heavy atom. The molecule has 4 rings (SSSR count). The van der Waals surface area contributed by atoms with Gasteiger partial charge in [0, 0.05) is 36.1 Å². The third-order valence-electron chi connectivity index (χ3n) is 5.77. The zero-order valence-electron chi connectivity index (χ0n) is 14.7. The van der Waals surface area contributed by atoms with Crippen molar-refractivity contribution in [3.8, 4) is 0 Å². The van der Waals surface area contributed by atoms with Gasteiger partial charge in [-0.15, -0.1) is 0 Å². The van der Waals surface area contributed by atoms with Crippen LogP contribution in [0.25, 0.3) is 0 Å². The first-order chi connectivity index (χ1) is 13.0. The zero-order valence-corrected chi connectivity index (χ0v) is 15.4. The van der Waals surface area contributed by atoms with Crippen LogP contribution >= 0.6 is 11.6 Å². The lowest BCUT2D eigenvalue weighted by atomic mass is 9.61. The number of fused-ring (bicyclic) bond motifs is 1. The van der Waals surface area contributed by atoms with Crippen molar-refractivity contribution in [3.63, 3.8) is 0 Å². The average molecular weight is 391 g/mol. The minimum absolute atomic E-state index is 0.0635. The maximum atomic E-state index is 13.9. The number of halogens is 2. The molecular weight excluding hydrogens is 371 g/mol. The molecule has 2 aliphatic rings. The van der Waals surface area contributed by atoms with Crippen molar-refractivity contribution in [2.75, 3.05) is 13.1 Å². The molecule has 2 heterocycles. The van der Waals surface area contributed by atoms with Gasteiger partial charge in [0.2, 0.25) is 5.91 Å². The first-order valence-corrected chi connectivity index (χ1v) is 9.44. The normalized spacial score (nSPS) is 24.1. The first-order valence-electron chi connectivity index (χ1n) is 9.06. The summed E-state index contributed by atoms with van der Waals surface area (Å²) in [6.07, 6.45) is 4.64. The van der Waals surface area contributed by atoms with Gasteiger partial charge in [0.15, 0.2) is 0 Å². The van der Waals surface area contributed by atoms with Crippen LogP contribution in [0.1, 0.15) is 28.8 Å². The van der Waals surface area contributed by atoms with E-state index in [-0.39, 0.29) is 30.2 Å². The van der Waals surface area contributed by atoms with Crippen molar-refractivity contribution >= 4 is 23.4 Å². The van der Waals surface area contributed by atoms with Crippen molar-refractivity contribution in [2.45, 2.75) is 19.4 Å². The highest BCUT2D eigenvalue weighted by atomic mass is 35.5. The Bertz CT molecular complexity index is 835. The second-order valence-electron chi connectivity index (χ2n) is 7.24. The topological polar surface area (TPSA) is 62.6 Å². The summed E-state index contributed by atoms with van der Waals surface area (Å²) in [6.45, 7) is 1.33. The molecule has 2 amide bonds. The maximum Gasteiger partial charge on any atom is 0.257 e. The minimum Gasteiger partial charge on any atom is -0.472 e. The number of rotatable bonds is 4. The second kappa shape index (κ2) is 7.35. The van der Waals surface area contributed by atoms with Crippen molar-refractivity contribution in [1.29, 1.82) is 0 Å². The third kappa shape index (κ3) is 3.46. The van der Waals surface area contributed by atoms with Crippen LogP contribution in [-0.2, 0) is 11.3 Å². The summed E-state index contributed by atoms with van der Waals surface area (Å²) in [5.41, 5.74) is 0.826. The number of hydrogen-bond donors (Lipinski definition) is 1. The molecule has 2 aromatic rings. The Labute approximate surface area is 161 Å². The number of piperidine rings is 1. The highest BCUT2D eigenvalue weighted by Crippen LogP contribution is 2.46. The van der Waals surface area contributed by atoms with E-state index in [9.17, 15) is 14.0 Å². The van der Waals surface area contributed by atoms with E-state index in [2.05, 4.69) is 5.32 Å². The van der Waals surface area contributed by atoms with Gasteiger partial charge in [-0.05, 0) is 42.9 Å². The van der Waals surface area contributed by atoms with E-state index in [0.717, 1.165) is 12.8 Å². The molecule has 1 saturated heterocycles. The number of nitrogens with zero attached hydrogens (tertiary/aromatic N) is 1. The van der Waals surface area contributed by atoms with E-state index in [1.807, 2.05) is 0 Å². The number of furan rings is 1. The molecule has 1 aliphatic carbocycles. The Morgan fingerprint density at radius 2 is 2.19 bits per heavy atom. The molecule has 27 heavy (non-hydrogen) atoms. The Hall–Kier alpha value is -2.34. The molecule has 1 aromatic heterocycles. The van der Waals surface area contributed by atoms with Gasteiger partial charge in [-0.1, -0.05) is 17.7 Å². The van der Waals surface area contributed by atoms with Crippen LogP contribution in [0.5, 0.6) is 0 Å². The molecule has 7 heteroatoms. The van der Waals surface area contributed by atoms with E-state index in [1.165, 1.54) is 24.7 Å². The van der Waals surface area contributed by atoms with Crippen LogP contribution in [0.4, 0.5) is 4.39 Å². The van der Waals surface area contributed by atoms with Crippen LogP contribution in [0, 0.1) is 23.6 Å². The summed E-state index contributed by atoms with van der Waals surface area (Å²) in [5, 5.41) is 3.11. The van der Waals surface area contributed by atoms with Gasteiger partial charge < -0.3 is 14.6 Å². The average Bonchev–Trinajstić information content (AvgIpc) is 3.16. The van der Waals surface area contributed by atoms with Crippen molar-refractivity contribution in [2.24, 2.45) is 17.8 Å². The van der Waals surface area contributed by atoms with Crippen LogP contribution in [0.3, 0.4) is 0 Å². The SMILES string of the molecule is O=C(NCc1c(F)cccc1Cl)[C@@H]1C[C@H]2CCN(C(=O)c3ccoc3)C[C@H]21. The molecule has 0 spiro atoms. The standard InChI is InChI=1S/C20H20ClFN2O3/c21-17-2-1-3-18(22)15(17)9-23-19(25)14-8-12-4-6-24(10-16(12)14)20(26)13-5-7-27-11-13/h1-3,5,7,11-12,14,16H,4,6,8-10H2,(H,23,25)/t12-,14-,16-/m1/s1. The molecule has 1 aliphatic heterocycles. The smallest absolute Gasteiger partial charge is 0.257 e. The van der Waals surface area contributed by atoms with Crippen molar-refractivity contribution < 1.29 is 18.4 Å². The number of carbonyl (C=O) groups excluding carboxylic acids is 2. The largest absolute Gasteiger partial charge is 0.472 e. The maximum absolute atomic E-state index is 13.9. The molecule has 1 aromatic carbocycles. The lowest BCUT2D eigenvalue weighted by Crippen LogP contribution is -2.56. The lowest BCUT2D eigenvalue weighted by Gasteiger charge is -2.50. The van der Waals surface area contributed by atoms with Gasteiger partial charge in [0.05, 0.1) is 11.8 Å². The molecule has 2 fully saturated rings. The van der Waals surface area contributed by atoms with E-state index in [0.29, 0.717) is 35.2 Å². The van der Waals surface area contributed by atoms with Crippen LogP contribution < -0.4 is 5.32 Å². The number of hydrogen-bond acceptors (Lipinski definition) is 3. The van der Waals surface area contributed by atoms with E-state index in [1.54, 1.807) is 17.0 Å². The fourth-order valence-corrected chi connectivity index (χ4v) is 4.38. The molecule has 1 N–H and O–H groups in total. The number of nitrogens with one attached hydrogen (secondary N) is 1. The number of likely N-dealkylation sites (tertiary alicyclic amines) is 1. The summed E-state index contributed by atoms with van der Waals surface area (Å²) in [6, 6.07) is 6.12. The molecular formula is C20H20ClFN2O3. The summed E-state index contributed by atoms with van der Waals surface area (Å²) in [7, 11) is 0. The Balaban J connectivity index is 1.36. The van der Waals surface area contributed by atoms with E-state index >= 15 is 0 Å². The zero-order chi connectivity index (χ0) is 19.0. The number of benzene rings is 1. The Kier molecular flexibility index (Phi) is 4.91. The Morgan fingerprint density at radius 3 is 2.93 bits per heavy atom. The first kappa shape index (κ1) is 18.0. The summed E-state index contributed by atoms with van der Waals surface area (Å²) in [5.74, 6) is -0.138. The van der Waals surface area contributed by atoms with Gasteiger partial charge in [-0.3, -0.25) is 9.59 Å². The van der Waals surface area contributed by atoms with Crippen LogP contribution in [-0.4, -0.2) is 29.8 Å². The van der Waals surface area contributed by atoms with Gasteiger partial charge >= 0.3 is 0 Å². The van der Waals surface area contributed by atoms with Gasteiger partial charge in [-0.2, -0.15) is 0 Å². The predicted molar refractivity (Wildman–Crippen MR) is 97.6 cm³/mol. The van der Waals surface area contributed by atoms with E-state index in [4.69, 9.17) is 16.0 Å². The summed E-state index contributed by atoms with van der Waals surface area (Å²) < 4.78 is 18.8. The number of carbonyl (C=O) groups is 2. The quantitative estimate of drug-likeness (QED) is 0.869. The van der Waals surface area contributed by atoms with Gasteiger partial charge in [0.1, 0.15) is 12.1 Å². The van der Waals surface area contributed by atoms with Gasteiger partial charge in [-0.25, -0.2) is 4.39 Å². The number of amides is 2. The molecule has 0 unspecified atom stereocenters. The highest BCUT2D eigenvalue weighted by Gasteiger charge is 2.48. The van der Waals surface area contributed by atoms with Crippen LogP contribution in [0.2, 0.25) is 5.02 Å². The van der Waals surface area contributed by atoms with E-state index < -0.39 is 5.82 Å². The minimum atomic E-state index is -0.427. The molecule has 1 saturated carbocycles. The monoisotopic (exact) mass is 390 g/mol. The van der Waals surface area contributed by atoms with Crippen molar-refractivity contribution in [1.82, 2.24) is 10.2 Å². The summed E-state index contributed by atoms with van der Waals surface area (Å²) in [4.78, 5) is 26.9. The predicted octanol–water partition coefficient (Wildman–Crippen LogP) is 3.49. The molecule has 0 bridgehead atoms. The van der Waals surface area contributed by atoms with Gasteiger partial charge in [0.25, 0.3) is 5.91 Å². The van der Waals surface area contributed by atoms with Crippen molar-refractivity contribution in [3.05, 3.63) is 58.8 Å². The van der Waals surface area contributed by atoms with Crippen LogP contribution in [0.15, 0.2) is 41.2 Å². The highest BCUT2D eigenvalue weighted by molar-refractivity contribution is 6.31. The fraction of sp³-hybridized carbons (Fsp3) is 0.400. The third-order valence-corrected chi connectivity index (χ3v) is 6.13. The fourth-order valence-electron chi connectivity index (χ4n) is 4.15. The molecule has 5 nitrogen and oxygen atoms in total.